The molecule has 0 bridgehead atoms. The van der Waals surface area contributed by atoms with E-state index in [9.17, 15) is 9.59 Å². The zero-order chi connectivity index (χ0) is 12.3. The standard InChI is InChI=1S/C14H17NO2/c1-15(14(17)10-16)9-11-6-7-12-4-2-3-5-13(12)8-11/h6-8,10H,2-5,9H2,1H3. The lowest BCUT2D eigenvalue weighted by Crippen LogP contribution is -2.26. The SMILES string of the molecule is CN(Cc1ccc2c(c1)CCCC2)C(=O)C=O. The lowest BCUT2D eigenvalue weighted by Gasteiger charge is -2.19. The molecular weight excluding hydrogens is 214 g/mol. The molecule has 0 heterocycles. The Bertz CT molecular complexity index is 440. The number of amides is 1. The van der Waals surface area contributed by atoms with Crippen molar-refractivity contribution >= 4 is 12.2 Å². The van der Waals surface area contributed by atoms with Crippen LogP contribution in [0, 0.1) is 0 Å². The molecule has 0 unspecified atom stereocenters. The highest BCUT2D eigenvalue weighted by atomic mass is 16.2. The van der Waals surface area contributed by atoms with Crippen molar-refractivity contribution in [1.82, 2.24) is 4.90 Å². The molecule has 0 aliphatic heterocycles. The monoisotopic (exact) mass is 231 g/mol. The largest absolute Gasteiger partial charge is 0.335 e. The van der Waals surface area contributed by atoms with Crippen molar-refractivity contribution in [3.05, 3.63) is 34.9 Å². The van der Waals surface area contributed by atoms with E-state index in [4.69, 9.17) is 0 Å². The minimum Gasteiger partial charge on any atom is -0.335 e. The summed E-state index contributed by atoms with van der Waals surface area (Å²) in [6.07, 6.45) is 5.18. The summed E-state index contributed by atoms with van der Waals surface area (Å²) in [5, 5.41) is 0. The Kier molecular flexibility index (Phi) is 3.57. The minimum atomic E-state index is -0.470. The second-order valence-corrected chi connectivity index (χ2v) is 4.62. The van der Waals surface area contributed by atoms with Crippen LogP contribution in [0.15, 0.2) is 18.2 Å². The van der Waals surface area contributed by atoms with E-state index in [0.29, 0.717) is 12.8 Å². The molecule has 0 saturated carbocycles. The molecular formula is C14H17NO2. The maximum atomic E-state index is 11.2. The van der Waals surface area contributed by atoms with Crippen molar-refractivity contribution in [1.29, 1.82) is 0 Å². The Balaban J connectivity index is 2.12. The topological polar surface area (TPSA) is 37.4 Å². The summed E-state index contributed by atoms with van der Waals surface area (Å²) < 4.78 is 0. The summed E-state index contributed by atoms with van der Waals surface area (Å²) in [4.78, 5) is 23.0. The van der Waals surface area contributed by atoms with Gasteiger partial charge in [0.05, 0.1) is 0 Å². The molecule has 17 heavy (non-hydrogen) atoms. The first-order valence-corrected chi connectivity index (χ1v) is 6.01. The average Bonchev–Trinajstić information content (AvgIpc) is 2.37. The van der Waals surface area contributed by atoms with Gasteiger partial charge in [-0.05, 0) is 42.4 Å². The van der Waals surface area contributed by atoms with Crippen molar-refractivity contribution in [3.8, 4) is 0 Å². The molecule has 0 saturated heterocycles. The van der Waals surface area contributed by atoms with E-state index in [2.05, 4.69) is 18.2 Å². The number of nitrogens with zero attached hydrogens (tertiary/aromatic N) is 1. The van der Waals surface area contributed by atoms with Gasteiger partial charge in [0.1, 0.15) is 0 Å². The molecule has 0 atom stereocenters. The molecule has 3 nitrogen and oxygen atoms in total. The number of carbonyl (C=O) groups is 2. The first kappa shape index (κ1) is 11.8. The van der Waals surface area contributed by atoms with Gasteiger partial charge in [-0.3, -0.25) is 9.59 Å². The molecule has 0 N–H and O–H groups in total. The fourth-order valence-corrected chi connectivity index (χ4v) is 2.33. The van der Waals surface area contributed by atoms with Crippen LogP contribution in [0.1, 0.15) is 29.5 Å². The third kappa shape index (κ3) is 2.73. The van der Waals surface area contributed by atoms with Crippen molar-refractivity contribution in [2.75, 3.05) is 7.05 Å². The van der Waals surface area contributed by atoms with Crippen LogP contribution in [0.25, 0.3) is 0 Å². The molecule has 1 aliphatic rings. The van der Waals surface area contributed by atoms with Crippen LogP contribution in [-0.4, -0.2) is 24.1 Å². The van der Waals surface area contributed by atoms with Crippen LogP contribution < -0.4 is 0 Å². The number of aryl methyl sites for hydroxylation is 2. The van der Waals surface area contributed by atoms with Crippen LogP contribution in [0.4, 0.5) is 0 Å². The third-order valence-electron chi connectivity index (χ3n) is 3.31. The van der Waals surface area contributed by atoms with Gasteiger partial charge in [0, 0.05) is 13.6 Å². The van der Waals surface area contributed by atoms with Gasteiger partial charge in [0.15, 0.2) is 0 Å². The Morgan fingerprint density at radius 1 is 1.29 bits per heavy atom. The van der Waals surface area contributed by atoms with Crippen LogP contribution in [0.2, 0.25) is 0 Å². The highest BCUT2D eigenvalue weighted by Crippen LogP contribution is 2.22. The zero-order valence-electron chi connectivity index (χ0n) is 10.1. The van der Waals surface area contributed by atoms with Crippen molar-refractivity contribution in [2.45, 2.75) is 32.2 Å². The van der Waals surface area contributed by atoms with Crippen LogP contribution >= 0.6 is 0 Å². The van der Waals surface area contributed by atoms with E-state index < -0.39 is 5.91 Å². The number of rotatable bonds is 3. The Labute approximate surface area is 101 Å². The maximum absolute atomic E-state index is 11.2. The maximum Gasteiger partial charge on any atom is 0.286 e. The van der Waals surface area contributed by atoms with Crippen LogP contribution in [0.5, 0.6) is 0 Å². The number of hydrogen-bond donors (Lipinski definition) is 0. The van der Waals surface area contributed by atoms with E-state index in [-0.39, 0.29) is 0 Å². The van der Waals surface area contributed by atoms with E-state index in [1.807, 2.05) is 0 Å². The molecule has 0 spiro atoms. The van der Waals surface area contributed by atoms with E-state index >= 15 is 0 Å². The highest BCUT2D eigenvalue weighted by Gasteiger charge is 2.11. The fourth-order valence-electron chi connectivity index (χ4n) is 2.33. The van der Waals surface area contributed by atoms with Gasteiger partial charge in [-0.2, -0.15) is 0 Å². The molecule has 1 amide bonds. The predicted octanol–water partition coefficient (Wildman–Crippen LogP) is 1.72. The molecule has 1 aromatic carbocycles. The lowest BCUT2D eigenvalue weighted by molar-refractivity contribution is -0.138. The van der Waals surface area contributed by atoms with E-state index in [1.54, 1.807) is 7.05 Å². The summed E-state index contributed by atoms with van der Waals surface area (Å²) in [7, 11) is 1.65. The normalized spacial score (nSPS) is 13.9. The zero-order valence-corrected chi connectivity index (χ0v) is 10.1. The summed E-state index contributed by atoms with van der Waals surface area (Å²) >= 11 is 0. The van der Waals surface area contributed by atoms with Gasteiger partial charge in [-0.25, -0.2) is 0 Å². The second kappa shape index (κ2) is 5.13. The smallest absolute Gasteiger partial charge is 0.286 e. The number of fused-ring (bicyclic) bond motifs is 1. The molecule has 1 aromatic rings. The molecule has 3 heteroatoms. The Hall–Kier alpha value is -1.64. The van der Waals surface area contributed by atoms with Gasteiger partial charge in [-0.1, -0.05) is 18.2 Å². The van der Waals surface area contributed by atoms with Gasteiger partial charge < -0.3 is 4.90 Å². The van der Waals surface area contributed by atoms with Gasteiger partial charge >= 0.3 is 0 Å². The molecule has 1 aliphatic carbocycles. The number of carbonyl (C=O) groups excluding carboxylic acids is 2. The quantitative estimate of drug-likeness (QED) is 0.587. The fraction of sp³-hybridized carbons (Fsp3) is 0.429. The Morgan fingerprint density at radius 3 is 2.71 bits per heavy atom. The van der Waals surface area contributed by atoms with Gasteiger partial charge in [0.25, 0.3) is 5.91 Å². The number of likely N-dealkylation sites (N-methyl/N-ethyl adjacent to an activating group) is 1. The summed E-state index contributed by atoms with van der Waals surface area (Å²) in [6.45, 7) is 0.505. The molecule has 0 fully saturated rings. The Morgan fingerprint density at radius 2 is 2.00 bits per heavy atom. The molecule has 0 radical (unpaired) electrons. The molecule has 0 aromatic heterocycles. The van der Waals surface area contributed by atoms with Crippen molar-refractivity contribution in [3.63, 3.8) is 0 Å². The number of hydrogen-bond acceptors (Lipinski definition) is 2. The number of aldehydes is 1. The summed E-state index contributed by atoms with van der Waals surface area (Å²) in [6, 6.07) is 6.38. The average molecular weight is 231 g/mol. The van der Waals surface area contributed by atoms with Crippen molar-refractivity contribution < 1.29 is 9.59 Å². The first-order valence-electron chi connectivity index (χ1n) is 6.01. The lowest BCUT2D eigenvalue weighted by atomic mass is 9.90. The van der Waals surface area contributed by atoms with E-state index in [1.165, 1.54) is 35.3 Å². The van der Waals surface area contributed by atoms with E-state index in [0.717, 1.165) is 12.0 Å². The summed E-state index contributed by atoms with van der Waals surface area (Å²) in [5.41, 5.74) is 3.94. The van der Waals surface area contributed by atoms with Crippen LogP contribution in [0.3, 0.4) is 0 Å². The predicted molar refractivity (Wildman–Crippen MR) is 65.6 cm³/mol. The van der Waals surface area contributed by atoms with Crippen LogP contribution in [-0.2, 0) is 29.0 Å². The first-order chi connectivity index (χ1) is 8.20. The van der Waals surface area contributed by atoms with Gasteiger partial charge in [0.2, 0.25) is 6.29 Å². The third-order valence-corrected chi connectivity index (χ3v) is 3.31. The number of benzene rings is 1. The summed E-state index contributed by atoms with van der Waals surface area (Å²) in [5.74, 6) is -0.470. The van der Waals surface area contributed by atoms with Crippen molar-refractivity contribution in [2.24, 2.45) is 0 Å². The molecule has 2 rings (SSSR count). The second-order valence-electron chi connectivity index (χ2n) is 4.62. The minimum absolute atomic E-state index is 0.360. The molecule has 90 valence electrons. The van der Waals surface area contributed by atoms with Gasteiger partial charge in [-0.15, -0.1) is 0 Å². The highest BCUT2D eigenvalue weighted by molar-refractivity contribution is 6.23.